The van der Waals surface area contributed by atoms with Gasteiger partial charge in [-0.2, -0.15) is 0 Å². The first-order chi connectivity index (χ1) is 9.87. The summed E-state index contributed by atoms with van der Waals surface area (Å²) in [5.74, 6) is -4.40. The molecular weight excluding hydrogens is 276 g/mol. The molecule has 0 fully saturated rings. The average Bonchev–Trinajstić information content (AvgIpc) is 2.38. The quantitative estimate of drug-likeness (QED) is 0.401. The van der Waals surface area contributed by atoms with E-state index in [-0.39, 0.29) is 12.8 Å². The van der Waals surface area contributed by atoms with Gasteiger partial charge >= 0.3 is 11.9 Å². The summed E-state index contributed by atoms with van der Waals surface area (Å²) in [4.78, 5) is 22.2. The standard InChI is InChI=1S/C15H28O6/c1-4-6-10-20-15(3,21-11-7-5-2)12(14(18)19)8-9-13(16)17/h12H,4-11H2,1-3H3,(H,16,17)(H,18,19). The summed E-state index contributed by atoms with van der Waals surface area (Å²) < 4.78 is 11.4. The van der Waals surface area contributed by atoms with E-state index >= 15 is 0 Å². The van der Waals surface area contributed by atoms with E-state index in [0.717, 1.165) is 25.7 Å². The van der Waals surface area contributed by atoms with Crippen molar-refractivity contribution in [1.29, 1.82) is 0 Å². The minimum atomic E-state index is -1.29. The van der Waals surface area contributed by atoms with Crippen LogP contribution in [0.2, 0.25) is 0 Å². The topological polar surface area (TPSA) is 93.1 Å². The Labute approximate surface area is 126 Å². The number of aliphatic carboxylic acids is 2. The van der Waals surface area contributed by atoms with E-state index in [9.17, 15) is 14.7 Å². The summed E-state index contributed by atoms with van der Waals surface area (Å²) in [5.41, 5.74) is 0. The first-order valence-electron chi connectivity index (χ1n) is 7.59. The van der Waals surface area contributed by atoms with Gasteiger partial charge in [-0.1, -0.05) is 26.7 Å². The van der Waals surface area contributed by atoms with Crippen molar-refractivity contribution in [3.8, 4) is 0 Å². The molecular formula is C15H28O6. The van der Waals surface area contributed by atoms with Crippen molar-refractivity contribution in [1.82, 2.24) is 0 Å². The third-order valence-electron chi connectivity index (χ3n) is 3.35. The highest BCUT2D eigenvalue weighted by molar-refractivity contribution is 5.73. The summed E-state index contributed by atoms with van der Waals surface area (Å²) in [6.45, 7) is 6.42. The zero-order valence-corrected chi connectivity index (χ0v) is 13.3. The van der Waals surface area contributed by atoms with Gasteiger partial charge in [0.1, 0.15) is 5.92 Å². The lowest BCUT2D eigenvalue weighted by molar-refractivity contribution is -0.258. The third-order valence-corrected chi connectivity index (χ3v) is 3.35. The summed E-state index contributed by atoms with van der Waals surface area (Å²) in [7, 11) is 0. The lowest BCUT2D eigenvalue weighted by Crippen LogP contribution is -2.45. The molecule has 0 aliphatic carbocycles. The van der Waals surface area contributed by atoms with Crippen LogP contribution in [0.5, 0.6) is 0 Å². The number of carboxylic acid groups (broad SMARTS) is 2. The molecule has 0 saturated heterocycles. The predicted molar refractivity (Wildman–Crippen MR) is 78.1 cm³/mol. The Hall–Kier alpha value is -1.14. The number of hydrogen-bond acceptors (Lipinski definition) is 4. The van der Waals surface area contributed by atoms with Gasteiger partial charge < -0.3 is 19.7 Å². The molecule has 124 valence electrons. The van der Waals surface area contributed by atoms with Gasteiger partial charge in [-0.05, 0) is 26.2 Å². The van der Waals surface area contributed by atoms with Crippen molar-refractivity contribution in [3.05, 3.63) is 0 Å². The molecule has 2 N–H and O–H groups in total. The van der Waals surface area contributed by atoms with Crippen molar-refractivity contribution >= 4 is 11.9 Å². The van der Waals surface area contributed by atoms with E-state index in [1.807, 2.05) is 13.8 Å². The lowest BCUT2D eigenvalue weighted by Gasteiger charge is -2.35. The van der Waals surface area contributed by atoms with Gasteiger partial charge in [-0.15, -0.1) is 0 Å². The van der Waals surface area contributed by atoms with Gasteiger partial charge in [-0.3, -0.25) is 9.59 Å². The monoisotopic (exact) mass is 304 g/mol. The van der Waals surface area contributed by atoms with E-state index in [1.165, 1.54) is 0 Å². The number of carboxylic acids is 2. The molecule has 0 aromatic heterocycles. The molecule has 1 unspecified atom stereocenters. The molecule has 6 nitrogen and oxygen atoms in total. The fraction of sp³-hybridized carbons (Fsp3) is 0.867. The van der Waals surface area contributed by atoms with Crippen LogP contribution < -0.4 is 0 Å². The van der Waals surface area contributed by atoms with E-state index in [2.05, 4.69) is 0 Å². The van der Waals surface area contributed by atoms with Crippen LogP contribution in [0.25, 0.3) is 0 Å². The molecule has 0 spiro atoms. The van der Waals surface area contributed by atoms with Gasteiger partial charge in [0.2, 0.25) is 0 Å². The second-order valence-electron chi connectivity index (χ2n) is 5.24. The number of ether oxygens (including phenoxy) is 2. The van der Waals surface area contributed by atoms with Gasteiger partial charge in [0.05, 0.1) is 13.2 Å². The van der Waals surface area contributed by atoms with Gasteiger partial charge in [-0.25, -0.2) is 0 Å². The fourth-order valence-corrected chi connectivity index (χ4v) is 1.96. The molecule has 0 aromatic carbocycles. The molecule has 0 bridgehead atoms. The Kier molecular flexibility index (Phi) is 9.99. The fourth-order valence-electron chi connectivity index (χ4n) is 1.96. The van der Waals surface area contributed by atoms with Crippen LogP contribution in [-0.4, -0.2) is 41.2 Å². The average molecular weight is 304 g/mol. The number of carbonyl (C=O) groups is 2. The minimum Gasteiger partial charge on any atom is -0.481 e. The van der Waals surface area contributed by atoms with Crippen molar-refractivity contribution in [3.63, 3.8) is 0 Å². The SMILES string of the molecule is CCCCOC(C)(OCCCC)C(CCC(=O)O)C(=O)O. The lowest BCUT2D eigenvalue weighted by atomic mass is 9.94. The van der Waals surface area contributed by atoms with Crippen molar-refractivity contribution in [2.45, 2.75) is 65.1 Å². The second-order valence-corrected chi connectivity index (χ2v) is 5.24. The van der Waals surface area contributed by atoms with Crippen LogP contribution in [0.15, 0.2) is 0 Å². The molecule has 0 radical (unpaired) electrons. The Balaban J connectivity index is 4.88. The van der Waals surface area contributed by atoms with Crippen LogP contribution in [0.1, 0.15) is 59.3 Å². The molecule has 1 atom stereocenters. The van der Waals surface area contributed by atoms with Crippen molar-refractivity contribution in [2.75, 3.05) is 13.2 Å². The van der Waals surface area contributed by atoms with E-state index in [1.54, 1.807) is 6.92 Å². The molecule has 0 rings (SSSR count). The van der Waals surface area contributed by atoms with Crippen molar-refractivity contribution < 1.29 is 29.3 Å². The maximum absolute atomic E-state index is 11.5. The van der Waals surface area contributed by atoms with Crippen LogP contribution >= 0.6 is 0 Å². The molecule has 0 aromatic rings. The smallest absolute Gasteiger partial charge is 0.311 e. The van der Waals surface area contributed by atoms with Crippen LogP contribution in [-0.2, 0) is 19.1 Å². The maximum Gasteiger partial charge on any atom is 0.311 e. The molecule has 21 heavy (non-hydrogen) atoms. The van der Waals surface area contributed by atoms with Crippen LogP contribution in [0, 0.1) is 5.92 Å². The Morgan fingerprint density at radius 3 is 1.86 bits per heavy atom. The van der Waals surface area contributed by atoms with Crippen molar-refractivity contribution in [2.24, 2.45) is 5.92 Å². The zero-order chi connectivity index (χ0) is 16.3. The summed E-state index contributed by atoms with van der Waals surface area (Å²) in [6.07, 6.45) is 3.23. The van der Waals surface area contributed by atoms with E-state index in [0.29, 0.717) is 13.2 Å². The Morgan fingerprint density at radius 2 is 1.52 bits per heavy atom. The summed E-state index contributed by atoms with van der Waals surface area (Å²) in [5, 5.41) is 18.1. The van der Waals surface area contributed by atoms with E-state index in [4.69, 9.17) is 14.6 Å². The molecule has 0 heterocycles. The van der Waals surface area contributed by atoms with Crippen LogP contribution in [0.4, 0.5) is 0 Å². The predicted octanol–water partition coefficient (Wildman–Crippen LogP) is 2.90. The zero-order valence-electron chi connectivity index (χ0n) is 13.3. The molecule has 0 aliphatic heterocycles. The first-order valence-corrected chi connectivity index (χ1v) is 7.59. The van der Waals surface area contributed by atoms with E-state index < -0.39 is 23.6 Å². The molecule has 0 saturated carbocycles. The largest absolute Gasteiger partial charge is 0.481 e. The first kappa shape index (κ1) is 19.9. The number of unbranched alkanes of at least 4 members (excludes halogenated alkanes) is 2. The highest BCUT2D eigenvalue weighted by Crippen LogP contribution is 2.29. The molecule has 6 heteroatoms. The molecule has 0 amide bonds. The van der Waals surface area contributed by atoms with Crippen LogP contribution in [0.3, 0.4) is 0 Å². The van der Waals surface area contributed by atoms with Gasteiger partial charge in [0, 0.05) is 6.42 Å². The molecule has 0 aliphatic rings. The maximum atomic E-state index is 11.5. The van der Waals surface area contributed by atoms with Gasteiger partial charge in [0.15, 0.2) is 5.79 Å². The second kappa shape index (κ2) is 10.6. The van der Waals surface area contributed by atoms with Gasteiger partial charge in [0.25, 0.3) is 0 Å². The number of rotatable bonds is 13. The normalized spacial score (nSPS) is 13.1. The highest BCUT2D eigenvalue weighted by Gasteiger charge is 2.41. The number of hydrogen-bond donors (Lipinski definition) is 2. The summed E-state index contributed by atoms with van der Waals surface area (Å²) in [6, 6.07) is 0. The minimum absolute atomic E-state index is 0.0145. The summed E-state index contributed by atoms with van der Waals surface area (Å²) >= 11 is 0. The Morgan fingerprint density at radius 1 is 1.05 bits per heavy atom. The Bertz CT molecular complexity index is 305. The highest BCUT2D eigenvalue weighted by atomic mass is 16.7. The third kappa shape index (κ3) is 8.02.